The highest BCUT2D eigenvalue weighted by atomic mass is 16.5. The monoisotopic (exact) mass is 319 g/mol. The smallest absolute Gasteiger partial charge is 0.313 e. The van der Waals surface area contributed by atoms with Crippen molar-refractivity contribution in [3.63, 3.8) is 0 Å². The number of carboxylic acids is 1. The van der Waals surface area contributed by atoms with Gasteiger partial charge in [-0.3, -0.25) is 9.59 Å². The molecule has 1 aromatic carbocycles. The zero-order valence-electron chi connectivity index (χ0n) is 14.0. The van der Waals surface area contributed by atoms with Gasteiger partial charge in [0.25, 0.3) is 0 Å². The van der Waals surface area contributed by atoms with E-state index in [1.165, 1.54) is 18.2 Å². The highest BCUT2D eigenvalue weighted by molar-refractivity contribution is 5.81. The second-order valence-corrected chi connectivity index (χ2v) is 6.55. The Morgan fingerprint density at radius 2 is 2.09 bits per heavy atom. The largest absolute Gasteiger partial charge is 0.481 e. The summed E-state index contributed by atoms with van der Waals surface area (Å²) in [6, 6.07) is 8.05. The molecule has 0 spiro atoms. The minimum Gasteiger partial charge on any atom is -0.481 e. The summed E-state index contributed by atoms with van der Waals surface area (Å²) in [6.45, 7) is 4.93. The number of ether oxygens (including phenoxy) is 1. The fraction of sp³-hybridized carbons (Fsp3) is 0.556. The quantitative estimate of drug-likeness (QED) is 0.874. The molecule has 1 amide bonds. The average molecular weight is 319 g/mol. The Balaban J connectivity index is 2.02. The Kier molecular flexibility index (Phi) is 5.42. The number of aliphatic carboxylic acids is 1. The number of likely N-dealkylation sites (tertiary alicyclic amines) is 1. The number of methoxy groups -OCH3 is 1. The topological polar surface area (TPSA) is 66.8 Å². The van der Waals surface area contributed by atoms with Crippen molar-refractivity contribution in [2.24, 2.45) is 5.41 Å². The van der Waals surface area contributed by atoms with Crippen LogP contribution in [0.1, 0.15) is 36.8 Å². The number of carbonyl (C=O) groups is 2. The Morgan fingerprint density at radius 1 is 1.39 bits per heavy atom. The predicted octanol–water partition coefficient (Wildman–Crippen LogP) is 2.44. The maximum absolute atomic E-state index is 12.5. The minimum atomic E-state index is -0.962. The third-order valence-corrected chi connectivity index (χ3v) is 4.78. The summed E-state index contributed by atoms with van der Waals surface area (Å²) in [5.41, 5.74) is 1.38. The van der Waals surface area contributed by atoms with Gasteiger partial charge >= 0.3 is 5.97 Å². The van der Waals surface area contributed by atoms with Gasteiger partial charge in [-0.1, -0.05) is 31.2 Å². The Hall–Kier alpha value is -1.88. The van der Waals surface area contributed by atoms with E-state index in [0.29, 0.717) is 19.4 Å². The van der Waals surface area contributed by atoms with Gasteiger partial charge in [-0.2, -0.15) is 0 Å². The molecule has 1 saturated heterocycles. The molecule has 5 heteroatoms. The van der Waals surface area contributed by atoms with Crippen molar-refractivity contribution >= 4 is 11.9 Å². The molecule has 1 heterocycles. The molecule has 0 aromatic heterocycles. The SMILES string of the molecule is COCC1(C(=O)O)CCN(C(=O)CC(C)c2ccccc2C)C1. The van der Waals surface area contributed by atoms with Crippen molar-refractivity contribution in [2.75, 3.05) is 26.8 Å². The number of amides is 1. The normalized spacial score (nSPS) is 22.1. The summed E-state index contributed by atoms with van der Waals surface area (Å²) < 4.78 is 5.07. The maximum Gasteiger partial charge on any atom is 0.313 e. The van der Waals surface area contributed by atoms with Gasteiger partial charge in [-0.25, -0.2) is 0 Å². The molecule has 2 atom stereocenters. The number of nitrogens with zero attached hydrogens (tertiary/aromatic N) is 1. The van der Waals surface area contributed by atoms with Crippen LogP contribution in [0.5, 0.6) is 0 Å². The first-order valence-electron chi connectivity index (χ1n) is 7.95. The fourth-order valence-electron chi connectivity index (χ4n) is 3.36. The number of hydrogen-bond acceptors (Lipinski definition) is 3. The molecule has 0 saturated carbocycles. The van der Waals surface area contributed by atoms with Crippen molar-refractivity contribution in [3.05, 3.63) is 35.4 Å². The predicted molar refractivity (Wildman–Crippen MR) is 87.4 cm³/mol. The second-order valence-electron chi connectivity index (χ2n) is 6.55. The van der Waals surface area contributed by atoms with Gasteiger partial charge in [0.05, 0.1) is 6.61 Å². The molecule has 0 bridgehead atoms. The number of carboxylic acid groups (broad SMARTS) is 1. The van der Waals surface area contributed by atoms with Crippen LogP contribution in [-0.2, 0) is 14.3 Å². The molecule has 1 aromatic rings. The molecule has 2 unspecified atom stereocenters. The molecule has 126 valence electrons. The third-order valence-electron chi connectivity index (χ3n) is 4.78. The standard InChI is InChI=1S/C18H25NO4/c1-13-6-4-5-7-15(13)14(2)10-16(20)19-9-8-18(11-19,12-23-3)17(21)22/h4-7,14H,8-12H2,1-3H3,(H,21,22). The number of rotatable bonds is 6. The van der Waals surface area contributed by atoms with Crippen LogP contribution in [0.15, 0.2) is 24.3 Å². The lowest BCUT2D eigenvalue weighted by Gasteiger charge is -2.24. The van der Waals surface area contributed by atoms with Crippen LogP contribution in [-0.4, -0.2) is 48.7 Å². The van der Waals surface area contributed by atoms with E-state index in [4.69, 9.17) is 4.74 Å². The second kappa shape index (κ2) is 7.13. The Bertz CT molecular complexity index is 586. The van der Waals surface area contributed by atoms with Gasteiger partial charge in [0, 0.05) is 26.6 Å². The molecule has 1 aliphatic heterocycles. The van der Waals surface area contributed by atoms with Crippen molar-refractivity contribution in [2.45, 2.75) is 32.6 Å². The summed E-state index contributed by atoms with van der Waals surface area (Å²) in [6.07, 6.45) is 0.841. The maximum atomic E-state index is 12.5. The van der Waals surface area contributed by atoms with Crippen molar-refractivity contribution < 1.29 is 19.4 Å². The van der Waals surface area contributed by atoms with Gasteiger partial charge < -0.3 is 14.7 Å². The van der Waals surface area contributed by atoms with E-state index in [-0.39, 0.29) is 25.0 Å². The van der Waals surface area contributed by atoms with E-state index in [0.717, 1.165) is 0 Å². The lowest BCUT2D eigenvalue weighted by molar-refractivity contribution is -0.151. The summed E-state index contributed by atoms with van der Waals surface area (Å²) in [5, 5.41) is 9.47. The van der Waals surface area contributed by atoms with Crippen LogP contribution < -0.4 is 0 Å². The van der Waals surface area contributed by atoms with Crippen molar-refractivity contribution in [1.29, 1.82) is 0 Å². The molecule has 23 heavy (non-hydrogen) atoms. The third kappa shape index (κ3) is 3.72. The van der Waals surface area contributed by atoms with Gasteiger partial charge in [-0.05, 0) is 30.4 Å². The number of benzene rings is 1. The molecule has 1 aliphatic rings. The Labute approximate surface area is 137 Å². The van der Waals surface area contributed by atoms with Crippen LogP contribution in [0, 0.1) is 12.3 Å². The summed E-state index contributed by atoms with van der Waals surface area (Å²) in [7, 11) is 1.50. The molecule has 1 fully saturated rings. The molecule has 0 radical (unpaired) electrons. The van der Waals surface area contributed by atoms with Crippen LogP contribution in [0.2, 0.25) is 0 Å². The van der Waals surface area contributed by atoms with E-state index in [2.05, 4.69) is 0 Å². The van der Waals surface area contributed by atoms with E-state index in [1.807, 2.05) is 38.1 Å². The molecular formula is C18H25NO4. The molecule has 1 N–H and O–H groups in total. The van der Waals surface area contributed by atoms with E-state index in [1.54, 1.807) is 4.90 Å². The van der Waals surface area contributed by atoms with Crippen LogP contribution in [0.25, 0.3) is 0 Å². The zero-order valence-corrected chi connectivity index (χ0v) is 14.0. The summed E-state index contributed by atoms with van der Waals surface area (Å²) >= 11 is 0. The van der Waals surface area contributed by atoms with Crippen molar-refractivity contribution in [1.82, 2.24) is 4.90 Å². The Morgan fingerprint density at radius 3 is 2.70 bits per heavy atom. The molecule has 5 nitrogen and oxygen atoms in total. The summed E-state index contributed by atoms with van der Waals surface area (Å²) in [4.78, 5) is 25.8. The van der Waals surface area contributed by atoms with E-state index >= 15 is 0 Å². The lowest BCUT2D eigenvalue weighted by atomic mass is 9.88. The van der Waals surface area contributed by atoms with Crippen LogP contribution >= 0.6 is 0 Å². The first-order chi connectivity index (χ1) is 10.9. The number of aryl methyl sites for hydroxylation is 1. The minimum absolute atomic E-state index is 0.0139. The molecular weight excluding hydrogens is 294 g/mol. The van der Waals surface area contributed by atoms with Crippen LogP contribution in [0.3, 0.4) is 0 Å². The highest BCUT2D eigenvalue weighted by Gasteiger charge is 2.46. The molecule has 2 rings (SSSR count). The average Bonchev–Trinajstić information content (AvgIpc) is 2.94. The van der Waals surface area contributed by atoms with Gasteiger partial charge in [0.2, 0.25) is 5.91 Å². The van der Waals surface area contributed by atoms with Gasteiger partial charge in [0.1, 0.15) is 5.41 Å². The first kappa shape index (κ1) is 17.5. The van der Waals surface area contributed by atoms with E-state index < -0.39 is 11.4 Å². The number of carbonyl (C=O) groups excluding carboxylic acids is 1. The summed E-state index contributed by atoms with van der Waals surface area (Å²) in [5.74, 6) is -0.757. The number of hydrogen-bond donors (Lipinski definition) is 1. The highest BCUT2D eigenvalue weighted by Crippen LogP contribution is 2.33. The lowest BCUT2D eigenvalue weighted by Crippen LogP contribution is -2.40. The van der Waals surface area contributed by atoms with Gasteiger partial charge in [-0.15, -0.1) is 0 Å². The fourth-order valence-corrected chi connectivity index (χ4v) is 3.36. The first-order valence-corrected chi connectivity index (χ1v) is 7.95. The van der Waals surface area contributed by atoms with Gasteiger partial charge in [0.15, 0.2) is 0 Å². The van der Waals surface area contributed by atoms with Crippen LogP contribution in [0.4, 0.5) is 0 Å². The zero-order chi connectivity index (χ0) is 17.0. The molecule has 0 aliphatic carbocycles. The van der Waals surface area contributed by atoms with Crippen molar-refractivity contribution in [3.8, 4) is 0 Å². The van der Waals surface area contributed by atoms with E-state index in [9.17, 15) is 14.7 Å².